The van der Waals surface area contributed by atoms with Gasteiger partial charge in [0.1, 0.15) is 0 Å². The number of nitrogens with zero attached hydrogens (tertiary/aromatic N) is 2. The number of amides is 2. The highest BCUT2D eigenvalue weighted by Gasteiger charge is 2.39. The minimum absolute atomic E-state index is 0.0975. The highest BCUT2D eigenvalue weighted by molar-refractivity contribution is 6.21. The van der Waals surface area contributed by atoms with Crippen LogP contribution in [-0.2, 0) is 6.42 Å². The van der Waals surface area contributed by atoms with Crippen LogP contribution in [0, 0.1) is 5.21 Å². The molecule has 0 saturated carbocycles. The van der Waals surface area contributed by atoms with E-state index in [1.54, 1.807) is 30.3 Å². The van der Waals surface area contributed by atoms with Crippen molar-refractivity contribution in [3.8, 4) is 0 Å². The van der Waals surface area contributed by atoms with E-state index in [-0.39, 0.29) is 24.3 Å². The summed E-state index contributed by atoms with van der Waals surface area (Å²) >= 11 is 0. The average molecular weight is 308 g/mol. The Kier molecular flexibility index (Phi) is 3.15. The van der Waals surface area contributed by atoms with E-state index < -0.39 is 0 Å². The van der Waals surface area contributed by atoms with Crippen molar-refractivity contribution in [1.82, 2.24) is 4.90 Å². The summed E-state index contributed by atoms with van der Waals surface area (Å²) in [4.78, 5) is 26.3. The van der Waals surface area contributed by atoms with Crippen LogP contribution in [-0.4, -0.2) is 23.3 Å². The van der Waals surface area contributed by atoms with Crippen molar-refractivity contribution in [1.29, 1.82) is 0 Å². The van der Waals surface area contributed by atoms with Gasteiger partial charge in [0.05, 0.1) is 17.0 Å². The Labute approximate surface area is 133 Å². The van der Waals surface area contributed by atoms with Crippen molar-refractivity contribution < 1.29 is 14.3 Å². The van der Waals surface area contributed by atoms with Gasteiger partial charge in [0.2, 0.25) is 5.69 Å². The maximum atomic E-state index is 12.5. The zero-order valence-corrected chi connectivity index (χ0v) is 12.6. The second kappa shape index (κ2) is 5.19. The van der Waals surface area contributed by atoms with Crippen molar-refractivity contribution in [3.05, 3.63) is 70.2 Å². The Hall–Kier alpha value is -2.69. The molecule has 1 aromatic heterocycles. The van der Waals surface area contributed by atoms with Crippen LogP contribution < -0.4 is 4.73 Å². The van der Waals surface area contributed by atoms with E-state index in [0.29, 0.717) is 16.8 Å². The predicted octanol–water partition coefficient (Wildman–Crippen LogP) is 2.04. The number of aromatic nitrogens is 1. The summed E-state index contributed by atoms with van der Waals surface area (Å²) in [7, 11) is 0. The van der Waals surface area contributed by atoms with Crippen molar-refractivity contribution in [2.24, 2.45) is 0 Å². The van der Waals surface area contributed by atoms with Crippen LogP contribution in [0.25, 0.3) is 0 Å². The zero-order valence-electron chi connectivity index (χ0n) is 12.6. The van der Waals surface area contributed by atoms with Crippen LogP contribution in [0.2, 0.25) is 0 Å². The maximum absolute atomic E-state index is 12.5. The molecule has 1 aromatic carbocycles. The first-order valence-corrected chi connectivity index (χ1v) is 7.83. The Bertz CT molecular complexity index is 781. The molecule has 0 bridgehead atoms. The third-order valence-electron chi connectivity index (χ3n) is 4.75. The van der Waals surface area contributed by atoms with Crippen LogP contribution in [0.5, 0.6) is 0 Å². The summed E-state index contributed by atoms with van der Waals surface area (Å²) < 4.78 is 0.886. The van der Waals surface area contributed by atoms with Gasteiger partial charge in [0.15, 0.2) is 6.20 Å². The summed E-state index contributed by atoms with van der Waals surface area (Å²) in [6, 6.07) is 10.6. The molecule has 2 aromatic rings. The van der Waals surface area contributed by atoms with E-state index >= 15 is 0 Å². The molecule has 1 aliphatic heterocycles. The Morgan fingerprint density at radius 2 is 1.78 bits per heavy atom. The van der Waals surface area contributed by atoms with Crippen molar-refractivity contribution in [3.63, 3.8) is 0 Å². The highest BCUT2D eigenvalue weighted by Crippen LogP contribution is 2.32. The molecule has 1 unspecified atom stereocenters. The molecule has 1 aliphatic carbocycles. The van der Waals surface area contributed by atoms with E-state index in [2.05, 4.69) is 0 Å². The van der Waals surface area contributed by atoms with Crippen LogP contribution in [0.3, 0.4) is 0 Å². The third-order valence-corrected chi connectivity index (χ3v) is 4.75. The topological polar surface area (TPSA) is 64.3 Å². The maximum Gasteiger partial charge on any atom is 0.261 e. The molecular weight excluding hydrogens is 292 g/mol. The first kappa shape index (κ1) is 13.9. The van der Waals surface area contributed by atoms with Gasteiger partial charge in [-0.3, -0.25) is 14.5 Å². The minimum atomic E-state index is -0.258. The van der Waals surface area contributed by atoms with E-state index in [9.17, 15) is 14.8 Å². The molecule has 116 valence electrons. The first-order valence-electron chi connectivity index (χ1n) is 7.83. The summed E-state index contributed by atoms with van der Waals surface area (Å²) in [5.74, 6) is -0.614. The Balaban J connectivity index is 1.67. The predicted molar refractivity (Wildman–Crippen MR) is 82.9 cm³/mol. The average Bonchev–Trinajstić information content (AvgIpc) is 2.81. The van der Waals surface area contributed by atoms with E-state index in [4.69, 9.17) is 0 Å². The van der Waals surface area contributed by atoms with Gasteiger partial charge >= 0.3 is 0 Å². The fourth-order valence-electron chi connectivity index (χ4n) is 3.68. The standard InChI is InChI=1S/C18H16N2O3/c21-17-14-8-1-2-9-15(14)18(22)19(17)11-13-6-3-5-12-7-4-10-20(23)16(12)13/h1-2,4,7-10,13H,3,5-6,11H2. The fourth-order valence-corrected chi connectivity index (χ4v) is 3.68. The largest absolute Gasteiger partial charge is 0.618 e. The quantitative estimate of drug-likeness (QED) is 0.484. The smallest absolute Gasteiger partial charge is 0.261 e. The van der Waals surface area contributed by atoms with Gasteiger partial charge in [-0.2, -0.15) is 4.73 Å². The number of imide groups is 1. The Morgan fingerprint density at radius 3 is 2.48 bits per heavy atom. The SMILES string of the molecule is O=C1c2ccccc2C(=O)N1CC1CCCc2ccc[n+]([O-])c21. The number of hydrogen-bond acceptors (Lipinski definition) is 3. The van der Waals surface area contributed by atoms with Gasteiger partial charge in [0, 0.05) is 18.2 Å². The second-order valence-electron chi connectivity index (χ2n) is 6.10. The molecule has 0 saturated heterocycles. The number of fused-ring (bicyclic) bond motifs is 2. The molecule has 4 rings (SSSR count). The second-order valence-corrected chi connectivity index (χ2v) is 6.10. The van der Waals surface area contributed by atoms with Gasteiger partial charge in [-0.1, -0.05) is 12.1 Å². The summed E-state index contributed by atoms with van der Waals surface area (Å²) in [6.45, 7) is 0.269. The Morgan fingerprint density at radius 1 is 1.09 bits per heavy atom. The van der Waals surface area contributed by atoms with Crippen molar-refractivity contribution in [2.45, 2.75) is 25.2 Å². The lowest BCUT2D eigenvalue weighted by atomic mass is 9.86. The monoisotopic (exact) mass is 308 g/mol. The lowest BCUT2D eigenvalue weighted by Gasteiger charge is -2.26. The molecule has 0 fully saturated rings. The van der Waals surface area contributed by atoms with Gasteiger partial charge in [-0.25, -0.2) is 0 Å². The molecule has 2 amide bonds. The van der Waals surface area contributed by atoms with E-state index in [1.807, 2.05) is 6.07 Å². The molecular formula is C18H16N2O3. The molecule has 0 spiro atoms. The fraction of sp³-hybridized carbons (Fsp3) is 0.278. The molecule has 23 heavy (non-hydrogen) atoms. The van der Waals surface area contributed by atoms with Gasteiger partial charge in [-0.05, 0) is 37.5 Å². The molecule has 5 nitrogen and oxygen atoms in total. The van der Waals surface area contributed by atoms with Crippen LogP contribution in [0.15, 0.2) is 42.6 Å². The van der Waals surface area contributed by atoms with Crippen LogP contribution >= 0.6 is 0 Å². The molecule has 2 heterocycles. The van der Waals surface area contributed by atoms with Gasteiger partial charge in [-0.15, -0.1) is 0 Å². The van der Waals surface area contributed by atoms with Crippen molar-refractivity contribution >= 4 is 11.8 Å². The van der Waals surface area contributed by atoms with Crippen LogP contribution in [0.1, 0.15) is 50.7 Å². The van der Waals surface area contributed by atoms with Crippen molar-refractivity contribution in [2.75, 3.05) is 6.54 Å². The number of aryl methyl sites for hydroxylation is 1. The molecule has 5 heteroatoms. The molecule has 0 N–H and O–H groups in total. The highest BCUT2D eigenvalue weighted by atomic mass is 16.5. The third kappa shape index (κ3) is 2.11. The summed E-state index contributed by atoms with van der Waals surface area (Å²) in [5, 5.41) is 12.2. The lowest BCUT2D eigenvalue weighted by Crippen LogP contribution is -2.41. The molecule has 1 atom stereocenters. The first-order chi connectivity index (χ1) is 11.2. The van der Waals surface area contributed by atoms with Gasteiger partial charge in [0.25, 0.3) is 11.8 Å². The van der Waals surface area contributed by atoms with E-state index in [0.717, 1.165) is 29.6 Å². The number of rotatable bonds is 2. The number of benzene rings is 1. The number of pyridine rings is 1. The number of carbonyl (C=O) groups excluding carboxylic acids is 2. The minimum Gasteiger partial charge on any atom is -0.618 e. The number of hydrogen-bond donors (Lipinski definition) is 0. The lowest BCUT2D eigenvalue weighted by molar-refractivity contribution is -0.616. The van der Waals surface area contributed by atoms with E-state index in [1.165, 1.54) is 11.1 Å². The zero-order chi connectivity index (χ0) is 16.0. The number of carbonyl (C=O) groups is 2. The normalized spacial score (nSPS) is 19.7. The van der Waals surface area contributed by atoms with Crippen LogP contribution in [0.4, 0.5) is 0 Å². The summed E-state index contributed by atoms with van der Waals surface area (Å²) in [6.07, 6.45) is 4.13. The van der Waals surface area contributed by atoms with Gasteiger partial charge < -0.3 is 5.21 Å². The summed E-state index contributed by atoms with van der Waals surface area (Å²) in [5.41, 5.74) is 2.64. The molecule has 0 radical (unpaired) electrons. The molecule has 2 aliphatic rings.